The fraction of sp³-hybridized carbons (Fsp3) is 0.800. The first-order chi connectivity index (χ1) is 14.0. The van der Waals surface area contributed by atoms with E-state index in [4.69, 9.17) is 0 Å². The lowest BCUT2D eigenvalue weighted by atomic mass is 9.48. The average molecular weight is 411 g/mol. The van der Waals surface area contributed by atoms with E-state index in [-0.39, 0.29) is 0 Å². The SMILES string of the molecule is CC(C)=CCC/C(C)=C/CC[C@@H](C)[C@@]1(C)CC[C@H]2C1=CC[C@@H]1C(C)(C)CCC[C@@]12C. The number of hydrogen-bond acceptors (Lipinski definition) is 0. The molecular weight excluding hydrogens is 360 g/mol. The summed E-state index contributed by atoms with van der Waals surface area (Å²) in [5, 5.41) is 0. The number of hydrogen-bond donors (Lipinski definition) is 0. The normalized spacial score (nSPS) is 36.5. The summed E-state index contributed by atoms with van der Waals surface area (Å²) >= 11 is 0. The van der Waals surface area contributed by atoms with Crippen molar-refractivity contribution in [1.82, 2.24) is 0 Å². The summed E-state index contributed by atoms with van der Waals surface area (Å²) in [4.78, 5) is 0. The third kappa shape index (κ3) is 4.54. The van der Waals surface area contributed by atoms with Crippen molar-refractivity contribution >= 4 is 0 Å². The zero-order valence-corrected chi connectivity index (χ0v) is 21.5. The maximum absolute atomic E-state index is 2.74. The molecule has 0 aliphatic heterocycles. The molecule has 0 spiro atoms. The summed E-state index contributed by atoms with van der Waals surface area (Å²) in [7, 11) is 0. The van der Waals surface area contributed by atoms with Crippen LogP contribution < -0.4 is 0 Å². The molecule has 0 saturated heterocycles. The number of allylic oxidation sites excluding steroid dienone is 6. The third-order valence-electron chi connectivity index (χ3n) is 9.90. The Bertz CT molecular complexity index is 698. The first-order valence-electron chi connectivity index (χ1n) is 13.0. The molecule has 0 heterocycles. The van der Waals surface area contributed by atoms with Gasteiger partial charge in [-0.3, -0.25) is 0 Å². The van der Waals surface area contributed by atoms with Crippen LogP contribution in [0.25, 0.3) is 0 Å². The van der Waals surface area contributed by atoms with Gasteiger partial charge in [0, 0.05) is 0 Å². The molecule has 2 saturated carbocycles. The van der Waals surface area contributed by atoms with E-state index in [2.05, 4.69) is 73.6 Å². The van der Waals surface area contributed by atoms with Crippen molar-refractivity contribution in [2.45, 2.75) is 120 Å². The quantitative estimate of drug-likeness (QED) is 0.366. The molecule has 5 atom stereocenters. The highest BCUT2D eigenvalue weighted by molar-refractivity contribution is 5.30. The molecule has 30 heavy (non-hydrogen) atoms. The minimum Gasteiger partial charge on any atom is -0.0856 e. The molecule has 0 aromatic carbocycles. The van der Waals surface area contributed by atoms with Crippen molar-refractivity contribution in [1.29, 1.82) is 0 Å². The van der Waals surface area contributed by atoms with Gasteiger partial charge < -0.3 is 0 Å². The van der Waals surface area contributed by atoms with Crippen LogP contribution in [0.5, 0.6) is 0 Å². The Morgan fingerprint density at radius 3 is 2.47 bits per heavy atom. The lowest BCUT2D eigenvalue weighted by molar-refractivity contribution is -0.0364. The first kappa shape index (κ1) is 23.9. The summed E-state index contributed by atoms with van der Waals surface area (Å²) in [6.45, 7) is 19.7. The number of rotatable bonds is 7. The van der Waals surface area contributed by atoms with Crippen LogP contribution in [-0.2, 0) is 0 Å². The smallest absolute Gasteiger partial charge is 0.00875 e. The lowest BCUT2D eigenvalue weighted by Gasteiger charge is -2.57. The molecule has 0 radical (unpaired) electrons. The van der Waals surface area contributed by atoms with E-state index < -0.39 is 0 Å². The van der Waals surface area contributed by atoms with Crippen LogP contribution in [-0.4, -0.2) is 0 Å². The van der Waals surface area contributed by atoms with Crippen LogP contribution in [0.3, 0.4) is 0 Å². The Balaban J connectivity index is 1.66. The summed E-state index contributed by atoms with van der Waals surface area (Å²) in [6.07, 6.45) is 21.2. The predicted octanol–water partition coefficient (Wildman–Crippen LogP) is 9.67. The molecule has 3 aliphatic rings. The monoisotopic (exact) mass is 410 g/mol. The molecule has 0 heteroatoms. The van der Waals surface area contributed by atoms with Gasteiger partial charge in [0.25, 0.3) is 0 Å². The summed E-state index contributed by atoms with van der Waals surface area (Å²) in [6, 6.07) is 0. The molecule has 0 aromatic rings. The fourth-order valence-electron chi connectivity index (χ4n) is 7.74. The van der Waals surface area contributed by atoms with Gasteiger partial charge in [0.2, 0.25) is 0 Å². The molecule has 170 valence electrons. The van der Waals surface area contributed by atoms with Gasteiger partial charge >= 0.3 is 0 Å². The van der Waals surface area contributed by atoms with E-state index >= 15 is 0 Å². The average Bonchev–Trinajstić information content (AvgIpc) is 3.00. The van der Waals surface area contributed by atoms with Gasteiger partial charge in [0.1, 0.15) is 0 Å². The standard InChI is InChI=1S/C30H50/c1-22(2)12-9-13-23(3)14-10-15-24(4)29(7)21-18-26-25(29)16-17-27-28(5,6)19-11-20-30(26,27)8/h12,14,16,24,26-27H,9-11,13,15,17-21H2,1-8H3/b23-14+/t24-,26+,27-,29-,30-/m1/s1. The van der Waals surface area contributed by atoms with Crippen molar-refractivity contribution in [3.8, 4) is 0 Å². The van der Waals surface area contributed by atoms with E-state index in [1.165, 1.54) is 69.8 Å². The van der Waals surface area contributed by atoms with Gasteiger partial charge in [0.05, 0.1) is 0 Å². The van der Waals surface area contributed by atoms with Gasteiger partial charge in [-0.25, -0.2) is 0 Å². The Morgan fingerprint density at radius 2 is 1.77 bits per heavy atom. The van der Waals surface area contributed by atoms with Crippen LogP contribution in [0, 0.1) is 34.0 Å². The van der Waals surface area contributed by atoms with Crippen molar-refractivity contribution in [3.63, 3.8) is 0 Å². The number of fused-ring (bicyclic) bond motifs is 3. The topological polar surface area (TPSA) is 0 Å². The van der Waals surface area contributed by atoms with Crippen molar-refractivity contribution in [2.24, 2.45) is 34.0 Å². The van der Waals surface area contributed by atoms with E-state index in [1.54, 1.807) is 5.57 Å². The highest BCUT2D eigenvalue weighted by Crippen LogP contribution is 2.67. The zero-order chi connectivity index (χ0) is 22.2. The molecule has 0 unspecified atom stereocenters. The van der Waals surface area contributed by atoms with Crippen LogP contribution in [0.2, 0.25) is 0 Å². The fourth-order valence-corrected chi connectivity index (χ4v) is 7.74. The van der Waals surface area contributed by atoms with Gasteiger partial charge in [-0.05, 0) is 113 Å². The Labute approximate surface area is 188 Å². The summed E-state index contributed by atoms with van der Waals surface area (Å²) in [5.74, 6) is 2.52. The molecule has 3 aliphatic carbocycles. The van der Waals surface area contributed by atoms with Crippen molar-refractivity contribution in [3.05, 3.63) is 34.9 Å². The van der Waals surface area contributed by atoms with Gasteiger partial charge in [-0.15, -0.1) is 0 Å². The van der Waals surface area contributed by atoms with Crippen molar-refractivity contribution < 1.29 is 0 Å². The maximum Gasteiger partial charge on any atom is -0.00875 e. The lowest BCUT2D eigenvalue weighted by Crippen LogP contribution is -2.48. The van der Waals surface area contributed by atoms with E-state index in [0.717, 1.165) is 17.8 Å². The maximum atomic E-state index is 2.74. The predicted molar refractivity (Wildman–Crippen MR) is 134 cm³/mol. The Kier molecular flexibility index (Phi) is 7.16. The largest absolute Gasteiger partial charge is 0.0856 e. The van der Waals surface area contributed by atoms with Crippen molar-refractivity contribution in [2.75, 3.05) is 0 Å². The van der Waals surface area contributed by atoms with Crippen LogP contribution in [0.1, 0.15) is 120 Å². The molecule has 0 nitrogen and oxygen atoms in total. The van der Waals surface area contributed by atoms with Gasteiger partial charge in [0.15, 0.2) is 0 Å². The third-order valence-corrected chi connectivity index (χ3v) is 9.90. The second-order valence-electron chi connectivity index (χ2n) is 12.7. The second-order valence-corrected chi connectivity index (χ2v) is 12.7. The van der Waals surface area contributed by atoms with E-state index in [0.29, 0.717) is 16.2 Å². The highest BCUT2D eigenvalue weighted by Gasteiger charge is 2.57. The van der Waals surface area contributed by atoms with E-state index in [9.17, 15) is 0 Å². The van der Waals surface area contributed by atoms with Crippen LogP contribution in [0.15, 0.2) is 34.9 Å². The Hall–Kier alpha value is -0.780. The molecule has 3 rings (SSSR count). The summed E-state index contributed by atoms with van der Waals surface area (Å²) in [5.41, 5.74) is 6.39. The summed E-state index contributed by atoms with van der Waals surface area (Å²) < 4.78 is 0. The zero-order valence-electron chi connectivity index (χ0n) is 21.5. The minimum absolute atomic E-state index is 0.435. The van der Waals surface area contributed by atoms with Crippen LogP contribution in [0.4, 0.5) is 0 Å². The molecular formula is C30H50. The molecule has 0 N–H and O–H groups in total. The van der Waals surface area contributed by atoms with Crippen LogP contribution >= 0.6 is 0 Å². The molecule has 2 fully saturated rings. The minimum atomic E-state index is 0.435. The highest BCUT2D eigenvalue weighted by atomic mass is 14.6. The van der Waals surface area contributed by atoms with Gasteiger partial charge in [-0.2, -0.15) is 0 Å². The van der Waals surface area contributed by atoms with Gasteiger partial charge in [-0.1, -0.05) is 76.0 Å². The first-order valence-corrected chi connectivity index (χ1v) is 13.0. The second kappa shape index (κ2) is 8.99. The Morgan fingerprint density at radius 1 is 1.03 bits per heavy atom. The molecule has 0 amide bonds. The molecule has 0 aromatic heterocycles. The van der Waals surface area contributed by atoms with E-state index in [1.807, 2.05) is 5.57 Å². The molecule has 0 bridgehead atoms.